The van der Waals surface area contributed by atoms with Gasteiger partial charge in [-0.3, -0.25) is 9.59 Å². The first-order valence-electron chi connectivity index (χ1n) is 39.3. The number of hydrogen-bond donors (Lipinski definition) is 0. The lowest BCUT2D eigenvalue weighted by atomic mass is 9.62. The first-order chi connectivity index (χ1) is 55.7. The average Bonchev–Trinajstić information content (AvgIpc) is 1.48. The molecule has 16 aromatic carbocycles. The molecule has 534 valence electrons. The fourth-order valence-corrected chi connectivity index (χ4v) is 25.2. The predicted molar refractivity (Wildman–Crippen MR) is 466 cm³/mol. The molecule has 0 N–H and O–H groups in total. The largest absolute Gasteiger partial charge is 0.293 e. The lowest BCUT2D eigenvalue weighted by Crippen LogP contribution is -2.34. The standard InChI is InChI=1S/C40H24Br2.C40H26.C16H10O2.C12H9Br/c41-23-17-19-29-35(21-23)39(31-13-5-1-9-25(31)26-10-2-6-14-32(26)39)37-30-20-18-24(42)22-36(30)40(38(29)37)33-15-7-3-11-27(33)28-12-4-8-16-34(28)40;1-7-19-31-25(13-1)26-14-2-8-20-32(26)39(31)35-23-11-5-17-29(35)38-37(39)30-18-6-12-24-36(30)40(38)33-21-9-3-15-27(33)28-16-4-10-22-34(28)40;17-15-11-7-3-1-5-9(11)13-14(15)10-6-2-4-8-12(10)16(13)18;13-12-9-5-4-8-11(12)10-6-2-1-3-7-10/h1-22,37-38H;1-24,37-38H;1-8,13-14H;1-9H. The lowest BCUT2D eigenvalue weighted by molar-refractivity contribution is 0.0913. The molecular formula is C108H69Br3O2. The van der Waals surface area contributed by atoms with Crippen molar-refractivity contribution in [3.05, 3.63) is 507 Å². The van der Waals surface area contributed by atoms with Crippen LogP contribution in [0, 0.1) is 0 Å². The number of fused-ring (bicyclic) bond motifs is 43. The second kappa shape index (κ2) is 25.2. The molecule has 0 saturated heterocycles. The minimum Gasteiger partial charge on any atom is -0.293 e. The van der Waals surface area contributed by atoms with Crippen molar-refractivity contribution >= 4 is 59.4 Å². The molecule has 0 bridgehead atoms. The quantitative estimate of drug-likeness (QED) is 0.164. The highest BCUT2D eigenvalue weighted by molar-refractivity contribution is 9.11. The number of carbonyl (C=O) groups excluding carboxylic acids is 2. The third-order valence-corrected chi connectivity index (χ3v) is 29.2. The van der Waals surface area contributed by atoms with Crippen LogP contribution in [0.1, 0.15) is 156 Å². The number of benzene rings is 16. The molecule has 2 nitrogen and oxygen atoms in total. The minimum atomic E-state index is -0.296. The molecule has 0 aliphatic heterocycles. The third-order valence-electron chi connectivity index (χ3n) is 27.5. The second-order valence-corrected chi connectivity index (χ2v) is 34.5. The second-order valence-electron chi connectivity index (χ2n) is 31.8. The van der Waals surface area contributed by atoms with Crippen LogP contribution >= 0.6 is 47.8 Å². The van der Waals surface area contributed by atoms with Crippen LogP contribution in [-0.2, 0) is 21.7 Å². The summed E-state index contributed by atoms with van der Waals surface area (Å²) in [6.45, 7) is 0. The van der Waals surface area contributed by atoms with Crippen molar-refractivity contribution in [3.63, 3.8) is 0 Å². The molecule has 6 unspecified atom stereocenters. The van der Waals surface area contributed by atoms with Gasteiger partial charge in [-0.05, 0) is 186 Å². The Morgan fingerprint density at radius 2 is 0.407 bits per heavy atom. The molecule has 0 heterocycles. The van der Waals surface area contributed by atoms with Gasteiger partial charge in [0.25, 0.3) is 0 Å². The molecule has 16 aromatic rings. The van der Waals surface area contributed by atoms with Gasteiger partial charge in [0.05, 0.1) is 33.5 Å². The van der Waals surface area contributed by atoms with Gasteiger partial charge in [-0.2, -0.15) is 0 Å². The van der Waals surface area contributed by atoms with Crippen molar-refractivity contribution in [2.24, 2.45) is 0 Å². The van der Waals surface area contributed by atoms with E-state index in [1.165, 1.54) is 145 Å². The normalized spacial score (nSPS) is 19.6. The number of hydrogen-bond acceptors (Lipinski definition) is 2. The highest BCUT2D eigenvalue weighted by Gasteiger charge is 2.72. The highest BCUT2D eigenvalue weighted by Crippen LogP contribution is 2.80. The van der Waals surface area contributed by atoms with E-state index in [1.54, 1.807) is 0 Å². The molecule has 113 heavy (non-hydrogen) atoms. The molecule has 0 radical (unpaired) electrons. The van der Waals surface area contributed by atoms with E-state index in [0.717, 1.165) is 35.7 Å². The van der Waals surface area contributed by atoms with Crippen molar-refractivity contribution in [1.29, 1.82) is 0 Å². The molecule has 10 aliphatic carbocycles. The average molecular weight is 1640 g/mol. The number of halogens is 3. The van der Waals surface area contributed by atoms with E-state index in [1.807, 2.05) is 66.7 Å². The van der Waals surface area contributed by atoms with Crippen LogP contribution in [0.15, 0.2) is 396 Å². The first-order valence-corrected chi connectivity index (χ1v) is 41.7. The molecule has 6 atom stereocenters. The van der Waals surface area contributed by atoms with E-state index in [0.29, 0.717) is 0 Å². The van der Waals surface area contributed by atoms with Crippen molar-refractivity contribution in [1.82, 2.24) is 0 Å². The number of carbonyl (C=O) groups is 2. The predicted octanol–water partition coefficient (Wildman–Crippen LogP) is 27.0. The molecule has 0 saturated carbocycles. The Morgan fingerprint density at radius 1 is 0.186 bits per heavy atom. The Morgan fingerprint density at radius 3 is 0.708 bits per heavy atom. The van der Waals surface area contributed by atoms with Crippen LogP contribution in [0.2, 0.25) is 0 Å². The van der Waals surface area contributed by atoms with Gasteiger partial charge in [0.15, 0.2) is 11.6 Å². The smallest absolute Gasteiger partial charge is 0.171 e. The van der Waals surface area contributed by atoms with Crippen LogP contribution < -0.4 is 0 Å². The Balaban J connectivity index is 0.0000000985. The zero-order valence-electron chi connectivity index (χ0n) is 61.3. The zero-order chi connectivity index (χ0) is 75.2. The number of Topliss-reactive ketones (excluding diaryl/α,β-unsaturated/α-hetero) is 2. The van der Waals surface area contributed by atoms with Crippen molar-refractivity contribution in [2.45, 2.75) is 57.2 Å². The van der Waals surface area contributed by atoms with E-state index in [4.69, 9.17) is 0 Å². The van der Waals surface area contributed by atoms with Gasteiger partial charge < -0.3 is 0 Å². The Labute approximate surface area is 683 Å². The minimum absolute atomic E-state index is 0.0916. The van der Waals surface area contributed by atoms with Crippen LogP contribution in [0.25, 0.3) is 55.6 Å². The van der Waals surface area contributed by atoms with Crippen LogP contribution in [0.3, 0.4) is 0 Å². The Bertz CT molecular complexity index is 6210. The molecule has 26 rings (SSSR count). The lowest BCUT2D eigenvalue weighted by Gasteiger charge is -2.38. The monoisotopic (exact) mass is 1630 g/mol. The van der Waals surface area contributed by atoms with Gasteiger partial charge in [0.1, 0.15) is 0 Å². The summed E-state index contributed by atoms with van der Waals surface area (Å²) in [4.78, 5) is 24.9. The molecule has 5 heteroatoms. The number of rotatable bonds is 1. The summed E-state index contributed by atoms with van der Waals surface area (Å²) in [6.07, 6.45) is 0. The zero-order valence-corrected chi connectivity index (χ0v) is 66.0. The van der Waals surface area contributed by atoms with Crippen molar-refractivity contribution in [2.75, 3.05) is 0 Å². The maximum atomic E-state index is 12.4. The van der Waals surface area contributed by atoms with E-state index in [2.05, 4.69) is 363 Å². The van der Waals surface area contributed by atoms with Gasteiger partial charge in [-0.15, -0.1) is 0 Å². The molecule has 0 aromatic heterocycles. The van der Waals surface area contributed by atoms with Gasteiger partial charge in [-0.1, -0.05) is 400 Å². The van der Waals surface area contributed by atoms with Crippen LogP contribution in [0.5, 0.6) is 0 Å². The van der Waals surface area contributed by atoms with E-state index in [-0.39, 0.29) is 68.7 Å². The summed E-state index contributed by atoms with van der Waals surface area (Å²) in [7, 11) is 0. The summed E-state index contributed by atoms with van der Waals surface area (Å²) in [5, 5.41) is 0. The first kappa shape index (κ1) is 67.0. The Hall–Kier alpha value is -11.7. The summed E-state index contributed by atoms with van der Waals surface area (Å²) in [6, 6.07) is 140. The topological polar surface area (TPSA) is 34.1 Å². The summed E-state index contributed by atoms with van der Waals surface area (Å²) >= 11 is 11.4. The van der Waals surface area contributed by atoms with Crippen molar-refractivity contribution in [3.8, 4) is 55.6 Å². The molecule has 0 fully saturated rings. The van der Waals surface area contributed by atoms with Gasteiger partial charge >= 0.3 is 0 Å². The number of ketones is 2. The van der Waals surface area contributed by atoms with Crippen LogP contribution in [0.4, 0.5) is 0 Å². The highest BCUT2D eigenvalue weighted by atomic mass is 79.9. The van der Waals surface area contributed by atoms with Gasteiger partial charge in [0, 0.05) is 48.2 Å². The Kier molecular flexibility index (Phi) is 14.9. The SMILES string of the molecule is Brc1ccc2c(c1)C1(c3ccccc3-c3ccccc31)C1c3ccc(Br)cc3C3(c4ccccc4-c4ccccc43)C21.Brc1ccccc1-c1ccccc1.O=C1c2ccccc2C2C(=O)c3ccccc3C12.c1ccc2c(c1)-c1ccccc1C21c2ccccc2C2C1c1ccccc1C21c2ccccc2-c2ccccc21. The van der Waals surface area contributed by atoms with Crippen molar-refractivity contribution < 1.29 is 9.59 Å². The third kappa shape index (κ3) is 8.72. The maximum absolute atomic E-state index is 12.4. The fraction of sp³-hybridized carbons (Fsp3) is 0.0926. The summed E-state index contributed by atoms with van der Waals surface area (Å²) in [5.74, 6) is 0.637. The molecule has 4 spiro atoms. The van der Waals surface area contributed by atoms with E-state index >= 15 is 0 Å². The van der Waals surface area contributed by atoms with Gasteiger partial charge in [-0.25, -0.2) is 0 Å². The maximum Gasteiger partial charge on any atom is 0.171 e. The van der Waals surface area contributed by atoms with Crippen LogP contribution in [-0.4, -0.2) is 11.6 Å². The summed E-state index contributed by atoms with van der Waals surface area (Å²) in [5.41, 5.74) is 39.0. The summed E-state index contributed by atoms with van der Waals surface area (Å²) < 4.78 is 3.42. The van der Waals surface area contributed by atoms with E-state index in [9.17, 15) is 9.59 Å². The fourth-order valence-electron chi connectivity index (χ4n) is 24.0. The molecule has 10 aliphatic rings. The molecule has 0 amide bonds. The van der Waals surface area contributed by atoms with Gasteiger partial charge in [0.2, 0.25) is 0 Å². The molecular weight excluding hydrogens is 1570 g/mol. The van der Waals surface area contributed by atoms with E-state index < -0.39 is 0 Å².